The van der Waals surface area contributed by atoms with Crippen molar-refractivity contribution < 1.29 is 80.5 Å². The van der Waals surface area contributed by atoms with Gasteiger partial charge in [-0.2, -0.15) is 4.31 Å². The van der Waals surface area contributed by atoms with Crippen LogP contribution in [0.3, 0.4) is 0 Å². The highest BCUT2D eigenvalue weighted by atomic mass is 32.2. The van der Waals surface area contributed by atoms with Crippen molar-refractivity contribution in [2.24, 2.45) is 11.3 Å². The molecule has 360 valence electrons. The van der Waals surface area contributed by atoms with Crippen molar-refractivity contribution in [3.63, 3.8) is 0 Å². The number of hydrogen-bond donors (Lipinski definition) is 9. The Hall–Kier alpha value is -2.44. The maximum absolute atomic E-state index is 12.7. The predicted molar refractivity (Wildman–Crippen MR) is 228 cm³/mol. The fraction of sp³-hybridized carbons (Fsp3) is 0.771. The van der Waals surface area contributed by atoms with Gasteiger partial charge in [0, 0.05) is 37.1 Å². The standard InChI is InChI=1S/C35H62N7O17P3S/c1-5-6-7-9-12-23(2)13-10-8-11-14-26(44)63-18-17-37-25(43)15-16-38-33(47)30(46)35(3,4)20-56-62(53,54)59-61(51,52)55-19-24-29(58-60(48,49)50)28(45)34(57-24)42-22-41-27-31(36)39-21-40-32(27)42/h21-24,28-30,34,45-46H,5-20H2,1-4H3,(H,37,43)(H,38,47)(H,51,52)(H,53,54)(H2,36,39,40)(H2,48,49,50). The number of aliphatic hydroxyl groups is 2. The number of nitrogens with one attached hydrogen (secondary N) is 2. The maximum atomic E-state index is 12.7. The van der Waals surface area contributed by atoms with Gasteiger partial charge in [-0.15, -0.1) is 0 Å². The molecule has 0 bridgehead atoms. The number of nitrogens with two attached hydrogens (primary N) is 1. The van der Waals surface area contributed by atoms with Crippen LogP contribution in [-0.4, -0.2) is 123 Å². The van der Waals surface area contributed by atoms with Gasteiger partial charge in [0.1, 0.15) is 36.3 Å². The van der Waals surface area contributed by atoms with Crippen molar-refractivity contribution in [3.8, 4) is 0 Å². The van der Waals surface area contributed by atoms with Gasteiger partial charge in [0.25, 0.3) is 0 Å². The summed E-state index contributed by atoms with van der Waals surface area (Å²) >= 11 is 1.15. The minimum Gasteiger partial charge on any atom is -0.386 e. The zero-order valence-corrected chi connectivity index (χ0v) is 39.2. The van der Waals surface area contributed by atoms with Gasteiger partial charge in [0.2, 0.25) is 11.8 Å². The quantitative estimate of drug-likeness (QED) is 0.0401. The Balaban J connectivity index is 1.37. The molecule has 10 N–H and O–H groups in total. The molecule has 2 aromatic rings. The fourth-order valence-corrected chi connectivity index (χ4v) is 9.92. The smallest absolute Gasteiger partial charge is 0.386 e. The van der Waals surface area contributed by atoms with E-state index in [-0.39, 0.29) is 41.6 Å². The average Bonchev–Trinajstić information content (AvgIpc) is 3.76. The van der Waals surface area contributed by atoms with Gasteiger partial charge in [-0.1, -0.05) is 90.8 Å². The number of anilines is 1. The monoisotopic (exact) mass is 977 g/mol. The molecule has 0 radical (unpaired) electrons. The first-order valence-corrected chi connectivity index (χ1v) is 26.0. The Kier molecular flexibility index (Phi) is 22.2. The van der Waals surface area contributed by atoms with E-state index in [2.05, 4.69) is 48.3 Å². The molecule has 24 nitrogen and oxygen atoms in total. The maximum Gasteiger partial charge on any atom is 0.481 e. The summed E-state index contributed by atoms with van der Waals surface area (Å²) in [5, 5.41) is 26.6. The van der Waals surface area contributed by atoms with Crippen LogP contribution in [0.5, 0.6) is 0 Å². The molecule has 0 aromatic carbocycles. The number of rotatable bonds is 30. The van der Waals surface area contributed by atoms with Gasteiger partial charge in [-0.3, -0.25) is 32.5 Å². The molecule has 1 aliphatic rings. The normalized spacial score (nSPS) is 21.1. The molecule has 63 heavy (non-hydrogen) atoms. The van der Waals surface area contributed by atoms with E-state index in [1.54, 1.807) is 0 Å². The Morgan fingerprint density at radius 3 is 2.29 bits per heavy atom. The summed E-state index contributed by atoms with van der Waals surface area (Å²) < 4.78 is 62.3. The van der Waals surface area contributed by atoms with Crippen LogP contribution in [0.2, 0.25) is 0 Å². The van der Waals surface area contributed by atoms with Crippen LogP contribution in [-0.2, 0) is 50.7 Å². The minimum absolute atomic E-state index is 0.0332. The fourth-order valence-electron chi connectivity index (χ4n) is 6.37. The topological polar surface area (TPSA) is 364 Å². The van der Waals surface area contributed by atoms with E-state index in [0.29, 0.717) is 18.1 Å². The molecule has 2 aromatic heterocycles. The number of nitrogens with zero attached hydrogens (tertiary/aromatic N) is 4. The highest BCUT2D eigenvalue weighted by Gasteiger charge is 2.50. The first-order valence-electron chi connectivity index (χ1n) is 20.5. The summed E-state index contributed by atoms with van der Waals surface area (Å²) in [6.45, 7) is 5.06. The number of nitrogen functional groups attached to an aromatic ring is 1. The second kappa shape index (κ2) is 25.5. The van der Waals surface area contributed by atoms with E-state index in [1.807, 2.05) is 0 Å². The molecular weight excluding hydrogens is 915 g/mol. The predicted octanol–water partition coefficient (Wildman–Crippen LogP) is 3.22. The number of fused-ring (bicyclic) bond motifs is 1. The Morgan fingerprint density at radius 2 is 1.62 bits per heavy atom. The lowest BCUT2D eigenvalue weighted by Crippen LogP contribution is -2.46. The number of phosphoric acid groups is 3. The zero-order valence-electron chi connectivity index (χ0n) is 35.7. The number of phosphoric ester groups is 3. The Morgan fingerprint density at radius 1 is 0.952 bits per heavy atom. The number of unbranched alkanes of at least 4 members (excludes halogenated alkanes) is 5. The molecule has 1 saturated heterocycles. The van der Waals surface area contributed by atoms with Gasteiger partial charge in [-0.25, -0.2) is 28.6 Å². The van der Waals surface area contributed by atoms with Crippen molar-refractivity contribution in [3.05, 3.63) is 12.7 Å². The summed E-state index contributed by atoms with van der Waals surface area (Å²) in [5.41, 5.74) is 4.28. The van der Waals surface area contributed by atoms with E-state index in [4.69, 9.17) is 19.5 Å². The summed E-state index contributed by atoms with van der Waals surface area (Å²) in [7, 11) is -16.4. The third-order valence-electron chi connectivity index (χ3n) is 9.89. The van der Waals surface area contributed by atoms with Gasteiger partial charge in [0.15, 0.2) is 22.8 Å². The second-order valence-electron chi connectivity index (χ2n) is 15.8. The Bertz CT molecular complexity index is 1940. The number of carbonyl (C=O) groups is 3. The van der Waals surface area contributed by atoms with Gasteiger partial charge in [-0.05, 0) is 12.3 Å². The lowest BCUT2D eigenvalue weighted by atomic mass is 9.87. The molecule has 1 fully saturated rings. The van der Waals surface area contributed by atoms with Crippen LogP contribution in [0.25, 0.3) is 11.2 Å². The van der Waals surface area contributed by atoms with Crippen molar-refractivity contribution in [2.75, 3.05) is 37.8 Å². The van der Waals surface area contributed by atoms with E-state index < -0.39 is 84.6 Å². The molecule has 8 unspecified atom stereocenters. The van der Waals surface area contributed by atoms with Crippen molar-refractivity contribution in [1.82, 2.24) is 30.2 Å². The number of carbonyl (C=O) groups excluding carboxylic acids is 3. The van der Waals surface area contributed by atoms with Crippen LogP contribution in [0.1, 0.15) is 105 Å². The van der Waals surface area contributed by atoms with Crippen molar-refractivity contribution in [2.45, 2.75) is 129 Å². The molecular formula is C35H62N7O17P3S. The van der Waals surface area contributed by atoms with E-state index in [0.717, 1.165) is 48.2 Å². The molecule has 28 heteroatoms. The molecule has 8 atom stereocenters. The molecule has 0 spiro atoms. The second-order valence-corrected chi connectivity index (χ2v) is 21.2. The number of amides is 2. The molecule has 3 rings (SSSR count). The lowest BCUT2D eigenvalue weighted by Gasteiger charge is -2.30. The highest BCUT2D eigenvalue weighted by molar-refractivity contribution is 8.13. The molecule has 2 amide bonds. The summed E-state index contributed by atoms with van der Waals surface area (Å²) in [6, 6.07) is 0. The van der Waals surface area contributed by atoms with Gasteiger partial charge in [0.05, 0.1) is 19.5 Å². The van der Waals surface area contributed by atoms with E-state index in [1.165, 1.54) is 52.4 Å². The summed E-state index contributed by atoms with van der Waals surface area (Å²) in [6.07, 6.45) is 4.04. The van der Waals surface area contributed by atoms with Crippen LogP contribution < -0.4 is 16.4 Å². The summed E-state index contributed by atoms with van der Waals surface area (Å²) in [5.74, 6) is -0.325. The lowest BCUT2D eigenvalue weighted by molar-refractivity contribution is -0.137. The first-order chi connectivity index (χ1) is 29.4. The van der Waals surface area contributed by atoms with Gasteiger partial charge >= 0.3 is 23.5 Å². The molecule has 3 heterocycles. The number of hydrogen-bond acceptors (Lipinski definition) is 18. The van der Waals surface area contributed by atoms with E-state index in [9.17, 15) is 57.9 Å². The van der Waals surface area contributed by atoms with Crippen molar-refractivity contribution >= 4 is 69.1 Å². The van der Waals surface area contributed by atoms with Crippen LogP contribution in [0.15, 0.2) is 12.7 Å². The largest absolute Gasteiger partial charge is 0.481 e. The highest BCUT2D eigenvalue weighted by Crippen LogP contribution is 2.61. The van der Waals surface area contributed by atoms with Gasteiger partial charge < -0.3 is 50.9 Å². The minimum atomic E-state index is -5.57. The Labute approximate surface area is 369 Å². The number of thioether (sulfide) groups is 1. The van der Waals surface area contributed by atoms with Crippen LogP contribution in [0.4, 0.5) is 5.82 Å². The number of ether oxygens (including phenoxy) is 1. The van der Waals surface area contributed by atoms with Crippen molar-refractivity contribution in [1.29, 1.82) is 0 Å². The molecule has 1 aliphatic heterocycles. The van der Waals surface area contributed by atoms with Crippen LogP contribution >= 0.6 is 35.2 Å². The number of aliphatic hydroxyl groups excluding tert-OH is 2. The molecule has 0 saturated carbocycles. The summed E-state index contributed by atoms with van der Waals surface area (Å²) in [4.78, 5) is 88.2. The van der Waals surface area contributed by atoms with E-state index >= 15 is 0 Å². The SMILES string of the molecule is CCCCCCC(C)CCCCCC(=O)SCCNC(=O)CCNC(=O)C(O)C(C)(C)COP(=O)(O)OP(=O)(O)OCC1OC(n2cnc3c(N)ncnc32)C(O)C1OP(=O)(O)O. The third-order valence-corrected chi connectivity index (χ3v) is 13.9. The first kappa shape index (κ1) is 54.9. The third kappa shape index (κ3) is 19.1. The molecule has 0 aliphatic carbocycles. The van der Waals surface area contributed by atoms with Crippen LogP contribution in [0, 0.1) is 11.3 Å². The average molecular weight is 978 g/mol. The zero-order chi connectivity index (χ0) is 47.0. The number of aromatic nitrogens is 4. The number of imidazole rings is 1.